The van der Waals surface area contributed by atoms with Crippen molar-refractivity contribution < 1.29 is 18.3 Å². The Labute approximate surface area is 90.1 Å². The number of hydrogen-bond donors (Lipinski definition) is 1. The van der Waals surface area contributed by atoms with E-state index in [9.17, 15) is 18.3 Å². The molecule has 2 aromatic carbocycles. The van der Waals surface area contributed by atoms with Gasteiger partial charge in [-0.25, -0.2) is 0 Å². The summed E-state index contributed by atoms with van der Waals surface area (Å²) in [6.07, 6.45) is -7.07. The van der Waals surface area contributed by atoms with E-state index in [1.54, 1.807) is 30.3 Å². The molecule has 0 aliphatic rings. The molecule has 0 bridgehead atoms. The molecule has 0 aliphatic heterocycles. The summed E-state index contributed by atoms with van der Waals surface area (Å²) in [5, 5.41) is 10.3. The number of fused-ring (bicyclic) bond motifs is 1. The third kappa shape index (κ3) is 1.88. The molecule has 1 nitrogen and oxygen atoms in total. The van der Waals surface area contributed by atoms with Crippen molar-refractivity contribution in [2.45, 2.75) is 12.3 Å². The molecule has 0 unspecified atom stereocenters. The molecule has 0 amide bonds. The summed E-state index contributed by atoms with van der Waals surface area (Å²) in [5.74, 6) is 0. The van der Waals surface area contributed by atoms with E-state index in [0.717, 1.165) is 0 Å². The zero-order chi connectivity index (χ0) is 11.8. The minimum Gasteiger partial charge on any atom is -0.379 e. The molecule has 0 saturated carbocycles. The topological polar surface area (TPSA) is 20.2 Å². The van der Waals surface area contributed by atoms with Crippen LogP contribution in [0.15, 0.2) is 42.5 Å². The van der Waals surface area contributed by atoms with Gasteiger partial charge in [0.15, 0.2) is 6.10 Å². The highest BCUT2D eigenvalue weighted by molar-refractivity contribution is 5.86. The molecular formula is C12H9F3O. The van der Waals surface area contributed by atoms with Crippen molar-refractivity contribution in [1.29, 1.82) is 0 Å². The first-order chi connectivity index (χ1) is 7.50. The molecule has 2 aromatic rings. The van der Waals surface area contributed by atoms with Crippen LogP contribution in [0.2, 0.25) is 0 Å². The van der Waals surface area contributed by atoms with Crippen LogP contribution in [0.3, 0.4) is 0 Å². The maximum Gasteiger partial charge on any atom is 0.418 e. The highest BCUT2D eigenvalue weighted by atomic mass is 19.4. The van der Waals surface area contributed by atoms with Gasteiger partial charge in [-0.1, -0.05) is 42.5 Å². The summed E-state index contributed by atoms with van der Waals surface area (Å²) < 4.78 is 37.2. The van der Waals surface area contributed by atoms with Crippen LogP contribution >= 0.6 is 0 Å². The number of benzene rings is 2. The van der Waals surface area contributed by atoms with Gasteiger partial charge in [0.05, 0.1) is 0 Å². The Bertz CT molecular complexity index is 500. The van der Waals surface area contributed by atoms with E-state index in [0.29, 0.717) is 10.8 Å². The van der Waals surface area contributed by atoms with Crippen LogP contribution in [0.25, 0.3) is 10.8 Å². The third-order valence-electron chi connectivity index (χ3n) is 2.43. The van der Waals surface area contributed by atoms with Crippen molar-refractivity contribution in [3.05, 3.63) is 48.0 Å². The SMILES string of the molecule is O[C@@H](c1cccc2ccccc12)C(F)(F)F. The first-order valence-corrected chi connectivity index (χ1v) is 4.72. The molecular weight excluding hydrogens is 217 g/mol. The second-order valence-electron chi connectivity index (χ2n) is 3.51. The van der Waals surface area contributed by atoms with Gasteiger partial charge >= 0.3 is 6.18 Å². The Morgan fingerprint density at radius 3 is 2.25 bits per heavy atom. The van der Waals surface area contributed by atoms with Crippen LogP contribution in [-0.4, -0.2) is 11.3 Å². The average Bonchev–Trinajstić information content (AvgIpc) is 2.26. The monoisotopic (exact) mass is 226 g/mol. The van der Waals surface area contributed by atoms with E-state index in [2.05, 4.69) is 0 Å². The first-order valence-electron chi connectivity index (χ1n) is 4.72. The number of halogens is 3. The molecule has 16 heavy (non-hydrogen) atoms. The molecule has 0 heterocycles. The zero-order valence-corrected chi connectivity index (χ0v) is 8.20. The summed E-state index contributed by atoms with van der Waals surface area (Å²) in [6.45, 7) is 0. The summed E-state index contributed by atoms with van der Waals surface area (Å²) >= 11 is 0. The van der Waals surface area contributed by atoms with Crippen molar-refractivity contribution in [3.8, 4) is 0 Å². The van der Waals surface area contributed by atoms with Crippen LogP contribution < -0.4 is 0 Å². The van der Waals surface area contributed by atoms with Gasteiger partial charge in [-0.3, -0.25) is 0 Å². The fourth-order valence-corrected chi connectivity index (χ4v) is 1.67. The molecule has 1 N–H and O–H groups in total. The maximum atomic E-state index is 12.4. The van der Waals surface area contributed by atoms with Gasteiger partial charge in [0, 0.05) is 0 Å². The molecule has 4 heteroatoms. The summed E-state index contributed by atoms with van der Waals surface area (Å²) in [5.41, 5.74) is -0.106. The number of aliphatic hydroxyl groups excluding tert-OH is 1. The standard InChI is InChI=1S/C12H9F3O/c13-12(14,15)11(16)10-7-3-5-8-4-1-2-6-9(8)10/h1-7,11,16H/t11-/m0/s1. The molecule has 0 spiro atoms. The van der Waals surface area contributed by atoms with E-state index in [4.69, 9.17) is 0 Å². The van der Waals surface area contributed by atoms with Crippen LogP contribution in [-0.2, 0) is 0 Å². The highest BCUT2D eigenvalue weighted by Crippen LogP contribution is 2.35. The molecule has 0 aliphatic carbocycles. The molecule has 2 rings (SSSR count). The lowest BCUT2D eigenvalue weighted by atomic mass is 10.0. The zero-order valence-electron chi connectivity index (χ0n) is 8.20. The second kappa shape index (κ2) is 3.79. The van der Waals surface area contributed by atoms with Crippen molar-refractivity contribution in [3.63, 3.8) is 0 Å². The van der Waals surface area contributed by atoms with E-state index in [-0.39, 0.29) is 5.56 Å². The molecule has 1 atom stereocenters. The fourth-order valence-electron chi connectivity index (χ4n) is 1.67. The smallest absolute Gasteiger partial charge is 0.379 e. The largest absolute Gasteiger partial charge is 0.418 e. The summed E-state index contributed by atoms with van der Waals surface area (Å²) in [4.78, 5) is 0. The Balaban J connectivity index is 2.61. The Morgan fingerprint density at radius 2 is 1.56 bits per heavy atom. The lowest BCUT2D eigenvalue weighted by Gasteiger charge is -2.16. The quantitative estimate of drug-likeness (QED) is 0.789. The number of hydrogen-bond acceptors (Lipinski definition) is 1. The van der Waals surface area contributed by atoms with Crippen LogP contribution in [0.5, 0.6) is 0 Å². The Morgan fingerprint density at radius 1 is 0.938 bits per heavy atom. The van der Waals surface area contributed by atoms with Crippen molar-refractivity contribution in [2.75, 3.05) is 0 Å². The molecule has 0 aromatic heterocycles. The van der Waals surface area contributed by atoms with Gasteiger partial charge < -0.3 is 5.11 Å². The summed E-state index contributed by atoms with van der Waals surface area (Å²) in [6, 6.07) is 11.2. The van der Waals surface area contributed by atoms with Crippen LogP contribution in [0, 0.1) is 0 Å². The van der Waals surface area contributed by atoms with Gasteiger partial charge in [0.2, 0.25) is 0 Å². The predicted octanol–water partition coefficient (Wildman–Crippen LogP) is 3.44. The van der Waals surface area contributed by atoms with Gasteiger partial charge in [-0.05, 0) is 16.3 Å². The van der Waals surface area contributed by atoms with E-state index < -0.39 is 12.3 Å². The van der Waals surface area contributed by atoms with Crippen LogP contribution in [0.4, 0.5) is 13.2 Å². The molecule has 84 valence electrons. The average molecular weight is 226 g/mol. The van der Waals surface area contributed by atoms with E-state index in [1.807, 2.05) is 0 Å². The van der Waals surface area contributed by atoms with Crippen LogP contribution in [0.1, 0.15) is 11.7 Å². The number of rotatable bonds is 1. The minimum atomic E-state index is -4.63. The van der Waals surface area contributed by atoms with Crippen molar-refractivity contribution in [2.24, 2.45) is 0 Å². The predicted molar refractivity (Wildman–Crippen MR) is 55.0 cm³/mol. The minimum absolute atomic E-state index is 0.106. The van der Waals surface area contributed by atoms with Gasteiger partial charge in [0.1, 0.15) is 0 Å². The fraction of sp³-hybridized carbons (Fsp3) is 0.167. The first kappa shape index (κ1) is 11.0. The molecule has 0 saturated heterocycles. The van der Waals surface area contributed by atoms with Crippen molar-refractivity contribution >= 4 is 10.8 Å². The second-order valence-corrected chi connectivity index (χ2v) is 3.51. The summed E-state index contributed by atoms with van der Waals surface area (Å²) in [7, 11) is 0. The van der Waals surface area contributed by atoms with E-state index in [1.165, 1.54) is 12.1 Å². The lowest BCUT2D eigenvalue weighted by molar-refractivity contribution is -0.206. The highest BCUT2D eigenvalue weighted by Gasteiger charge is 2.39. The number of alkyl halides is 3. The Hall–Kier alpha value is -1.55. The molecule has 0 radical (unpaired) electrons. The normalized spacial score (nSPS) is 14.0. The van der Waals surface area contributed by atoms with Crippen molar-refractivity contribution in [1.82, 2.24) is 0 Å². The van der Waals surface area contributed by atoms with Gasteiger partial charge in [0.25, 0.3) is 0 Å². The molecule has 0 fully saturated rings. The third-order valence-corrected chi connectivity index (χ3v) is 2.43. The number of aliphatic hydroxyl groups is 1. The maximum absolute atomic E-state index is 12.4. The van der Waals surface area contributed by atoms with E-state index >= 15 is 0 Å². The Kier molecular flexibility index (Phi) is 2.59. The van der Waals surface area contributed by atoms with Gasteiger partial charge in [-0.2, -0.15) is 13.2 Å². The lowest BCUT2D eigenvalue weighted by Crippen LogP contribution is -2.20. The van der Waals surface area contributed by atoms with Gasteiger partial charge in [-0.15, -0.1) is 0 Å².